The fourth-order valence-corrected chi connectivity index (χ4v) is 4.97. The van der Waals surface area contributed by atoms with Gasteiger partial charge in [-0.15, -0.1) is 31.7 Å². The van der Waals surface area contributed by atoms with Crippen LogP contribution in [0.2, 0.25) is 0 Å². The summed E-state index contributed by atoms with van der Waals surface area (Å²) in [4.78, 5) is 15.4. The molecule has 0 spiro atoms. The van der Waals surface area contributed by atoms with Gasteiger partial charge in [0.05, 0.1) is 30.0 Å². The third-order valence-electron chi connectivity index (χ3n) is 4.09. The molecule has 4 aromatic heterocycles. The Balaban J connectivity index is 1.29. The predicted molar refractivity (Wildman–Crippen MR) is 120 cm³/mol. The van der Waals surface area contributed by atoms with Crippen molar-refractivity contribution in [3.63, 3.8) is 0 Å². The Bertz CT molecular complexity index is 1080. The smallest absolute Gasteiger partial charge is 0.257 e. The SMILES string of the molecule is CCCN(Cc1nnc(-c2cccs2)o1)C(=O)CSc1nnc(NCc2ccco2)s1. The van der Waals surface area contributed by atoms with Crippen molar-refractivity contribution in [3.05, 3.63) is 47.6 Å². The highest BCUT2D eigenvalue weighted by Gasteiger charge is 2.19. The number of thiophene rings is 1. The average Bonchev–Trinajstić information content (AvgIpc) is 3.57. The molecule has 4 aromatic rings. The molecule has 0 saturated heterocycles. The van der Waals surface area contributed by atoms with Crippen LogP contribution in [-0.2, 0) is 17.9 Å². The van der Waals surface area contributed by atoms with Crippen molar-refractivity contribution >= 4 is 45.5 Å². The molecule has 0 aliphatic heterocycles. The Morgan fingerprint density at radius 1 is 1.23 bits per heavy atom. The van der Waals surface area contributed by atoms with Gasteiger partial charge < -0.3 is 19.1 Å². The summed E-state index contributed by atoms with van der Waals surface area (Å²) in [6.45, 7) is 3.47. The Morgan fingerprint density at radius 2 is 2.16 bits per heavy atom. The van der Waals surface area contributed by atoms with Gasteiger partial charge in [-0.05, 0) is 30.0 Å². The Hall–Kier alpha value is -2.70. The predicted octanol–water partition coefficient (Wildman–Crippen LogP) is 4.39. The second kappa shape index (κ2) is 10.6. The molecule has 4 rings (SSSR count). The van der Waals surface area contributed by atoms with Crippen LogP contribution in [0.5, 0.6) is 0 Å². The molecule has 0 unspecified atom stereocenters. The second-order valence-corrected chi connectivity index (χ2v) is 9.54. The van der Waals surface area contributed by atoms with Gasteiger partial charge in [-0.3, -0.25) is 4.79 Å². The highest BCUT2D eigenvalue weighted by atomic mass is 32.2. The van der Waals surface area contributed by atoms with Crippen LogP contribution in [-0.4, -0.2) is 43.5 Å². The first-order chi connectivity index (χ1) is 15.2. The molecule has 0 fully saturated rings. The topological polar surface area (TPSA) is 110 Å². The number of carbonyl (C=O) groups excluding carboxylic acids is 1. The van der Waals surface area contributed by atoms with Crippen LogP contribution < -0.4 is 5.32 Å². The lowest BCUT2D eigenvalue weighted by molar-refractivity contribution is -0.129. The van der Waals surface area contributed by atoms with E-state index in [1.807, 2.05) is 36.6 Å². The van der Waals surface area contributed by atoms with Gasteiger partial charge in [-0.2, -0.15) is 0 Å². The average molecular weight is 477 g/mol. The second-order valence-electron chi connectivity index (χ2n) is 6.39. The number of furan rings is 1. The zero-order chi connectivity index (χ0) is 21.5. The van der Waals surface area contributed by atoms with Crippen molar-refractivity contribution in [1.29, 1.82) is 0 Å². The summed E-state index contributed by atoms with van der Waals surface area (Å²) in [5.41, 5.74) is 0. The highest BCUT2D eigenvalue weighted by molar-refractivity contribution is 8.01. The van der Waals surface area contributed by atoms with Crippen LogP contribution in [0.25, 0.3) is 10.8 Å². The number of amides is 1. The maximum atomic E-state index is 12.8. The van der Waals surface area contributed by atoms with Crippen LogP contribution in [0.15, 0.2) is 49.1 Å². The van der Waals surface area contributed by atoms with Gasteiger partial charge in [0.25, 0.3) is 5.89 Å². The highest BCUT2D eigenvalue weighted by Crippen LogP contribution is 2.27. The van der Waals surface area contributed by atoms with E-state index < -0.39 is 0 Å². The lowest BCUT2D eigenvalue weighted by Crippen LogP contribution is -2.32. The normalized spacial score (nSPS) is 11.0. The summed E-state index contributed by atoms with van der Waals surface area (Å²) in [5.74, 6) is 1.97. The number of aromatic nitrogens is 4. The molecule has 9 nitrogen and oxygen atoms in total. The first-order valence-electron chi connectivity index (χ1n) is 9.58. The molecule has 0 aromatic carbocycles. The molecular formula is C19H20N6O3S3. The van der Waals surface area contributed by atoms with Gasteiger partial charge >= 0.3 is 0 Å². The standard InChI is InChI=1S/C19H20N6O3S3/c1-2-7-25(11-15-21-22-17(28-15)14-6-4-9-29-14)16(26)12-30-19-24-23-18(31-19)20-10-13-5-3-8-27-13/h3-6,8-9H,2,7,10-12H2,1H3,(H,20,23). The van der Waals surface area contributed by atoms with Crippen LogP contribution in [0.4, 0.5) is 5.13 Å². The van der Waals surface area contributed by atoms with Crippen molar-refractivity contribution in [1.82, 2.24) is 25.3 Å². The lowest BCUT2D eigenvalue weighted by atomic mass is 10.4. The number of thioether (sulfide) groups is 1. The minimum Gasteiger partial charge on any atom is -0.467 e. The van der Waals surface area contributed by atoms with Crippen LogP contribution in [0.1, 0.15) is 25.0 Å². The van der Waals surface area contributed by atoms with Crippen molar-refractivity contribution < 1.29 is 13.6 Å². The minimum atomic E-state index is -0.0111. The van der Waals surface area contributed by atoms with Gasteiger partial charge in [0.1, 0.15) is 5.76 Å². The van der Waals surface area contributed by atoms with Crippen LogP contribution >= 0.6 is 34.4 Å². The fraction of sp³-hybridized carbons (Fsp3) is 0.316. The fourth-order valence-electron chi connectivity index (χ4n) is 2.67. The van der Waals surface area contributed by atoms with E-state index in [1.54, 1.807) is 11.2 Å². The van der Waals surface area contributed by atoms with Crippen LogP contribution in [0, 0.1) is 0 Å². The number of hydrogen-bond donors (Lipinski definition) is 1. The molecule has 0 saturated carbocycles. The van der Waals surface area contributed by atoms with E-state index in [4.69, 9.17) is 8.83 Å². The molecule has 0 bridgehead atoms. The Kier molecular flexibility index (Phi) is 7.33. The van der Waals surface area contributed by atoms with Crippen molar-refractivity contribution in [2.75, 3.05) is 17.6 Å². The van der Waals surface area contributed by atoms with Crippen LogP contribution in [0.3, 0.4) is 0 Å². The molecular weight excluding hydrogens is 456 g/mol. The summed E-state index contributed by atoms with van der Waals surface area (Å²) in [5, 5.41) is 22.2. The summed E-state index contributed by atoms with van der Waals surface area (Å²) in [6.07, 6.45) is 2.46. The molecule has 31 heavy (non-hydrogen) atoms. The number of nitrogens with one attached hydrogen (secondary N) is 1. The van der Waals surface area contributed by atoms with E-state index in [2.05, 4.69) is 25.7 Å². The quantitative estimate of drug-likeness (QED) is 0.315. The lowest BCUT2D eigenvalue weighted by Gasteiger charge is -2.19. The largest absolute Gasteiger partial charge is 0.467 e. The van der Waals surface area contributed by atoms with E-state index in [0.29, 0.717) is 30.0 Å². The van der Waals surface area contributed by atoms with E-state index in [9.17, 15) is 4.79 Å². The van der Waals surface area contributed by atoms with Crippen molar-refractivity contribution in [2.45, 2.75) is 30.8 Å². The number of anilines is 1. The van der Waals surface area contributed by atoms with Gasteiger partial charge in [-0.1, -0.05) is 36.1 Å². The number of hydrogen-bond acceptors (Lipinski definition) is 11. The molecule has 0 atom stereocenters. The van der Waals surface area contributed by atoms with Crippen molar-refractivity contribution in [2.24, 2.45) is 0 Å². The zero-order valence-corrected chi connectivity index (χ0v) is 19.1. The molecule has 1 N–H and O–H groups in total. The minimum absolute atomic E-state index is 0.0111. The molecule has 0 aliphatic carbocycles. The molecule has 162 valence electrons. The molecule has 1 amide bonds. The molecule has 4 heterocycles. The zero-order valence-electron chi connectivity index (χ0n) is 16.7. The van der Waals surface area contributed by atoms with E-state index >= 15 is 0 Å². The van der Waals surface area contributed by atoms with Gasteiger partial charge in [0, 0.05) is 6.54 Å². The summed E-state index contributed by atoms with van der Waals surface area (Å²) >= 11 is 4.30. The van der Waals surface area contributed by atoms with Gasteiger partial charge in [0.15, 0.2) is 4.34 Å². The summed E-state index contributed by atoms with van der Waals surface area (Å²) in [6, 6.07) is 7.58. The molecule has 12 heteroatoms. The summed E-state index contributed by atoms with van der Waals surface area (Å²) < 4.78 is 11.7. The van der Waals surface area contributed by atoms with E-state index in [0.717, 1.165) is 21.4 Å². The van der Waals surface area contributed by atoms with E-state index in [1.165, 1.54) is 34.4 Å². The maximum Gasteiger partial charge on any atom is 0.257 e. The van der Waals surface area contributed by atoms with Gasteiger partial charge in [0.2, 0.25) is 16.9 Å². The Labute approximate surface area is 190 Å². The number of carbonyl (C=O) groups is 1. The maximum absolute atomic E-state index is 12.8. The molecule has 0 radical (unpaired) electrons. The first kappa shape index (κ1) is 21.5. The van der Waals surface area contributed by atoms with E-state index in [-0.39, 0.29) is 18.2 Å². The molecule has 0 aliphatic rings. The first-order valence-corrected chi connectivity index (χ1v) is 12.3. The summed E-state index contributed by atoms with van der Waals surface area (Å²) in [7, 11) is 0. The third-order valence-corrected chi connectivity index (χ3v) is 6.95. The number of nitrogens with zero attached hydrogens (tertiary/aromatic N) is 5. The Morgan fingerprint density at radius 3 is 2.94 bits per heavy atom. The third kappa shape index (κ3) is 5.93. The van der Waals surface area contributed by atoms with Gasteiger partial charge in [-0.25, -0.2) is 0 Å². The number of rotatable bonds is 11. The van der Waals surface area contributed by atoms with Crippen molar-refractivity contribution in [3.8, 4) is 10.8 Å². The monoisotopic (exact) mass is 476 g/mol.